The monoisotopic (exact) mass is 374 g/mol. The molecule has 0 radical (unpaired) electrons. The van der Waals surface area contributed by atoms with Crippen LogP contribution in [0.2, 0.25) is 0 Å². The van der Waals surface area contributed by atoms with Crippen LogP contribution in [0.3, 0.4) is 0 Å². The SMILES string of the molecule is CC(=O)N1CCC[C@H]1C(=O)N1CCc2[nH]nc(-c3ccc(F)c(F)c3)c2C1. The molecule has 2 aliphatic rings. The first kappa shape index (κ1) is 17.6. The normalized spacial score (nSPS) is 19.3. The molecule has 142 valence electrons. The molecule has 27 heavy (non-hydrogen) atoms. The molecule has 2 amide bonds. The predicted molar refractivity (Wildman–Crippen MR) is 93.5 cm³/mol. The summed E-state index contributed by atoms with van der Waals surface area (Å²) in [6, 6.07) is 3.24. The van der Waals surface area contributed by atoms with Crippen LogP contribution in [0.4, 0.5) is 8.78 Å². The molecule has 8 heteroatoms. The van der Waals surface area contributed by atoms with Gasteiger partial charge in [-0.3, -0.25) is 14.7 Å². The van der Waals surface area contributed by atoms with Crippen LogP contribution >= 0.6 is 0 Å². The Kier molecular flexibility index (Phi) is 4.41. The molecule has 1 atom stereocenters. The first-order valence-corrected chi connectivity index (χ1v) is 9.03. The molecule has 1 aromatic carbocycles. The van der Waals surface area contributed by atoms with Crippen molar-refractivity contribution < 1.29 is 18.4 Å². The van der Waals surface area contributed by atoms with Crippen LogP contribution < -0.4 is 0 Å². The number of nitrogens with zero attached hydrogens (tertiary/aromatic N) is 3. The average Bonchev–Trinajstić information content (AvgIpc) is 3.30. The van der Waals surface area contributed by atoms with Crippen LogP contribution in [-0.2, 0) is 22.6 Å². The molecule has 2 aliphatic heterocycles. The van der Waals surface area contributed by atoms with Crippen LogP contribution in [0.5, 0.6) is 0 Å². The van der Waals surface area contributed by atoms with Crippen molar-refractivity contribution >= 4 is 11.8 Å². The predicted octanol–water partition coefficient (Wildman–Crippen LogP) is 2.25. The van der Waals surface area contributed by atoms with Crippen molar-refractivity contribution in [1.82, 2.24) is 20.0 Å². The van der Waals surface area contributed by atoms with Crippen molar-refractivity contribution in [2.75, 3.05) is 13.1 Å². The third kappa shape index (κ3) is 3.09. The number of amides is 2. The van der Waals surface area contributed by atoms with Gasteiger partial charge in [0, 0.05) is 49.8 Å². The van der Waals surface area contributed by atoms with Crippen molar-refractivity contribution in [2.45, 2.75) is 38.8 Å². The standard InChI is InChI=1S/C19H20F2N4O2/c1-11(26)25-7-2-3-17(25)19(27)24-8-6-16-13(10-24)18(23-22-16)12-4-5-14(20)15(21)9-12/h4-5,9,17H,2-3,6-8,10H2,1H3,(H,22,23)/t17-/m0/s1. The van der Waals surface area contributed by atoms with Gasteiger partial charge in [0.2, 0.25) is 11.8 Å². The van der Waals surface area contributed by atoms with Gasteiger partial charge in [0.15, 0.2) is 11.6 Å². The number of halogens is 2. The van der Waals surface area contributed by atoms with E-state index in [1.807, 2.05) is 0 Å². The molecular weight excluding hydrogens is 354 g/mol. The maximum atomic E-state index is 13.6. The quantitative estimate of drug-likeness (QED) is 0.877. The van der Waals surface area contributed by atoms with Gasteiger partial charge in [0.05, 0.1) is 5.69 Å². The smallest absolute Gasteiger partial charge is 0.245 e. The molecule has 0 bridgehead atoms. The van der Waals surface area contributed by atoms with E-state index in [1.54, 1.807) is 9.80 Å². The second-order valence-electron chi connectivity index (χ2n) is 7.04. The largest absolute Gasteiger partial charge is 0.336 e. The van der Waals surface area contributed by atoms with Crippen LogP contribution in [0.1, 0.15) is 31.0 Å². The first-order valence-electron chi connectivity index (χ1n) is 9.03. The molecule has 1 fully saturated rings. The molecule has 0 unspecified atom stereocenters. The molecule has 1 aromatic heterocycles. The van der Waals surface area contributed by atoms with Crippen molar-refractivity contribution in [1.29, 1.82) is 0 Å². The number of hydrogen-bond donors (Lipinski definition) is 1. The molecule has 1 saturated heterocycles. The lowest BCUT2D eigenvalue weighted by Crippen LogP contribution is -2.48. The fourth-order valence-corrected chi connectivity index (χ4v) is 3.98. The van der Waals surface area contributed by atoms with Gasteiger partial charge in [0.1, 0.15) is 6.04 Å². The highest BCUT2D eigenvalue weighted by atomic mass is 19.2. The van der Waals surface area contributed by atoms with Gasteiger partial charge in [-0.25, -0.2) is 8.78 Å². The van der Waals surface area contributed by atoms with Crippen LogP contribution in [0.25, 0.3) is 11.3 Å². The van der Waals surface area contributed by atoms with Gasteiger partial charge in [-0.2, -0.15) is 5.10 Å². The summed E-state index contributed by atoms with van der Waals surface area (Å²) in [5, 5.41) is 7.20. The Bertz CT molecular complexity index is 911. The lowest BCUT2D eigenvalue weighted by Gasteiger charge is -2.32. The first-order chi connectivity index (χ1) is 13.0. The number of benzene rings is 1. The molecule has 2 aromatic rings. The lowest BCUT2D eigenvalue weighted by molar-refractivity contribution is -0.143. The molecular formula is C19H20F2N4O2. The highest BCUT2D eigenvalue weighted by molar-refractivity contribution is 5.87. The van der Waals surface area contributed by atoms with Gasteiger partial charge in [-0.15, -0.1) is 0 Å². The topological polar surface area (TPSA) is 69.3 Å². The Morgan fingerprint density at radius 1 is 1.22 bits per heavy atom. The number of fused-ring (bicyclic) bond motifs is 1. The number of aromatic nitrogens is 2. The number of hydrogen-bond acceptors (Lipinski definition) is 3. The van der Waals surface area contributed by atoms with E-state index in [1.165, 1.54) is 13.0 Å². The summed E-state index contributed by atoms with van der Waals surface area (Å²) in [6.45, 7) is 2.96. The van der Waals surface area contributed by atoms with E-state index >= 15 is 0 Å². The summed E-state index contributed by atoms with van der Waals surface area (Å²) in [7, 11) is 0. The Morgan fingerprint density at radius 2 is 2.04 bits per heavy atom. The molecule has 3 heterocycles. The summed E-state index contributed by atoms with van der Waals surface area (Å²) in [5.41, 5.74) is 2.70. The summed E-state index contributed by atoms with van der Waals surface area (Å²) in [5.74, 6) is -2.00. The van der Waals surface area contributed by atoms with Crippen molar-refractivity contribution in [3.8, 4) is 11.3 Å². The third-order valence-corrected chi connectivity index (χ3v) is 5.38. The Balaban J connectivity index is 1.59. The maximum absolute atomic E-state index is 13.6. The highest BCUT2D eigenvalue weighted by Gasteiger charge is 2.37. The minimum atomic E-state index is -0.934. The van der Waals surface area contributed by atoms with E-state index in [0.29, 0.717) is 43.7 Å². The van der Waals surface area contributed by atoms with Gasteiger partial charge in [0.25, 0.3) is 0 Å². The molecule has 0 spiro atoms. The zero-order chi connectivity index (χ0) is 19.1. The van der Waals surface area contributed by atoms with Crippen molar-refractivity contribution in [3.05, 3.63) is 41.1 Å². The Labute approximate surface area is 155 Å². The van der Waals surface area contributed by atoms with E-state index in [0.717, 1.165) is 29.8 Å². The Morgan fingerprint density at radius 3 is 2.78 bits per heavy atom. The molecule has 0 aliphatic carbocycles. The molecule has 4 rings (SSSR count). The minimum absolute atomic E-state index is 0.0641. The number of likely N-dealkylation sites (tertiary alicyclic amines) is 1. The minimum Gasteiger partial charge on any atom is -0.336 e. The van der Waals surface area contributed by atoms with Crippen LogP contribution in [0, 0.1) is 11.6 Å². The fraction of sp³-hybridized carbons (Fsp3) is 0.421. The Hall–Kier alpha value is -2.77. The maximum Gasteiger partial charge on any atom is 0.245 e. The van der Waals surface area contributed by atoms with Crippen molar-refractivity contribution in [2.24, 2.45) is 0 Å². The second-order valence-corrected chi connectivity index (χ2v) is 7.04. The fourth-order valence-electron chi connectivity index (χ4n) is 3.98. The highest BCUT2D eigenvalue weighted by Crippen LogP contribution is 2.30. The number of aromatic amines is 1. The number of carbonyl (C=O) groups is 2. The van der Waals surface area contributed by atoms with Crippen molar-refractivity contribution in [3.63, 3.8) is 0 Å². The molecule has 0 saturated carbocycles. The summed E-state index contributed by atoms with van der Waals surface area (Å²) in [6.07, 6.45) is 2.09. The summed E-state index contributed by atoms with van der Waals surface area (Å²) < 4.78 is 26.8. The summed E-state index contributed by atoms with van der Waals surface area (Å²) in [4.78, 5) is 28.1. The average molecular weight is 374 g/mol. The zero-order valence-electron chi connectivity index (χ0n) is 15.0. The van der Waals surface area contributed by atoms with Gasteiger partial charge < -0.3 is 9.80 Å². The molecule has 6 nitrogen and oxygen atoms in total. The second kappa shape index (κ2) is 6.75. The van der Waals surface area contributed by atoms with E-state index in [4.69, 9.17) is 0 Å². The number of H-pyrrole nitrogens is 1. The van der Waals surface area contributed by atoms with Crippen LogP contribution in [-0.4, -0.2) is 50.9 Å². The summed E-state index contributed by atoms with van der Waals surface area (Å²) >= 11 is 0. The van der Waals surface area contributed by atoms with E-state index in [-0.39, 0.29) is 11.8 Å². The van der Waals surface area contributed by atoms with Gasteiger partial charge in [-0.05, 0) is 31.0 Å². The van der Waals surface area contributed by atoms with Gasteiger partial charge >= 0.3 is 0 Å². The van der Waals surface area contributed by atoms with E-state index < -0.39 is 17.7 Å². The lowest BCUT2D eigenvalue weighted by atomic mass is 10.00. The number of rotatable bonds is 2. The van der Waals surface area contributed by atoms with Crippen LogP contribution in [0.15, 0.2) is 18.2 Å². The third-order valence-electron chi connectivity index (χ3n) is 5.38. The number of nitrogens with one attached hydrogen (secondary N) is 1. The van der Waals surface area contributed by atoms with E-state index in [2.05, 4.69) is 10.2 Å². The van der Waals surface area contributed by atoms with E-state index in [9.17, 15) is 18.4 Å². The zero-order valence-corrected chi connectivity index (χ0v) is 15.0. The van der Waals surface area contributed by atoms with Gasteiger partial charge in [-0.1, -0.05) is 0 Å². The molecule has 1 N–H and O–H groups in total. The number of carbonyl (C=O) groups excluding carboxylic acids is 2.